The van der Waals surface area contributed by atoms with Crippen molar-refractivity contribution in [2.45, 2.75) is 70.9 Å². The summed E-state index contributed by atoms with van der Waals surface area (Å²) in [6, 6.07) is 1.49. The average Bonchev–Trinajstić information content (AvgIpc) is 2.17. The van der Waals surface area contributed by atoms with Crippen LogP contribution in [-0.4, -0.2) is 12.1 Å². The average molecular weight is 195 g/mol. The van der Waals surface area contributed by atoms with Crippen LogP contribution in [0, 0.1) is 11.8 Å². The maximum absolute atomic E-state index is 3.71. The molecule has 1 N–H and O–H groups in total. The van der Waals surface area contributed by atoms with Gasteiger partial charge in [-0.25, -0.2) is 0 Å². The summed E-state index contributed by atoms with van der Waals surface area (Å²) < 4.78 is 0. The molecule has 0 heterocycles. The Balaban J connectivity index is 1.83. The van der Waals surface area contributed by atoms with Crippen LogP contribution in [0.4, 0.5) is 0 Å². The van der Waals surface area contributed by atoms with E-state index in [4.69, 9.17) is 0 Å². The van der Waals surface area contributed by atoms with E-state index < -0.39 is 0 Å². The second kappa shape index (κ2) is 4.65. The molecule has 0 aliphatic heterocycles. The molecule has 2 aliphatic rings. The molecule has 0 saturated heterocycles. The van der Waals surface area contributed by atoms with Gasteiger partial charge in [-0.15, -0.1) is 0 Å². The minimum Gasteiger partial charge on any atom is -0.312 e. The van der Waals surface area contributed by atoms with Crippen molar-refractivity contribution >= 4 is 0 Å². The molecule has 1 heteroatoms. The van der Waals surface area contributed by atoms with Gasteiger partial charge in [0.15, 0.2) is 0 Å². The lowest BCUT2D eigenvalue weighted by Crippen LogP contribution is -2.41. The fourth-order valence-electron chi connectivity index (χ4n) is 3.50. The fraction of sp³-hybridized carbons (Fsp3) is 1.00. The Morgan fingerprint density at radius 2 is 1.64 bits per heavy atom. The molecule has 0 amide bonds. The van der Waals surface area contributed by atoms with Crippen LogP contribution in [0.25, 0.3) is 0 Å². The second-order valence-electron chi connectivity index (χ2n) is 5.64. The van der Waals surface area contributed by atoms with Crippen LogP contribution in [0.2, 0.25) is 0 Å². The van der Waals surface area contributed by atoms with E-state index in [0.717, 1.165) is 17.9 Å². The predicted molar refractivity (Wildman–Crippen MR) is 61.4 cm³/mol. The summed E-state index contributed by atoms with van der Waals surface area (Å²) in [6.07, 6.45) is 10.4. The minimum atomic E-state index is 0.667. The molecule has 3 unspecified atom stereocenters. The molecule has 0 aromatic carbocycles. The van der Waals surface area contributed by atoms with Crippen molar-refractivity contribution in [3.05, 3.63) is 0 Å². The molecule has 3 atom stereocenters. The summed E-state index contributed by atoms with van der Waals surface area (Å²) in [7, 11) is 0. The first kappa shape index (κ1) is 10.5. The Labute approximate surface area is 88.7 Å². The molecule has 2 fully saturated rings. The fourth-order valence-corrected chi connectivity index (χ4v) is 3.50. The van der Waals surface area contributed by atoms with Crippen LogP contribution in [0.15, 0.2) is 0 Å². The molecule has 2 saturated carbocycles. The van der Waals surface area contributed by atoms with Crippen LogP contribution in [0.3, 0.4) is 0 Å². The second-order valence-corrected chi connectivity index (χ2v) is 5.64. The quantitative estimate of drug-likeness (QED) is 0.712. The van der Waals surface area contributed by atoms with E-state index in [1.807, 2.05) is 0 Å². The highest BCUT2D eigenvalue weighted by atomic mass is 14.9. The lowest BCUT2D eigenvalue weighted by Gasteiger charge is -2.40. The van der Waals surface area contributed by atoms with E-state index in [0.29, 0.717) is 6.04 Å². The molecule has 0 bridgehead atoms. The summed E-state index contributed by atoms with van der Waals surface area (Å²) in [5, 5.41) is 3.71. The van der Waals surface area contributed by atoms with Crippen molar-refractivity contribution < 1.29 is 0 Å². The van der Waals surface area contributed by atoms with E-state index in [1.54, 1.807) is 0 Å². The zero-order chi connectivity index (χ0) is 9.97. The topological polar surface area (TPSA) is 12.0 Å². The monoisotopic (exact) mass is 195 g/mol. The molecule has 1 nitrogen and oxygen atoms in total. The Bertz CT molecular complexity index is 176. The van der Waals surface area contributed by atoms with Crippen LogP contribution in [0.1, 0.15) is 58.8 Å². The van der Waals surface area contributed by atoms with Gasteiger partial charge in [0, 0.05) is 12.1 Å². The SMILES string of the molecule is CC(C)NC1CCC2CCCCC2C1. The molecule has 0 spiro atoms. The van der Waals surface area contributed by atoms with Crippen LogP contribution in [-0.2, 0) is 0 Å². The normalized spacial score (nSPS) is 38.4. The molecule has 2 rings (SSSR count). The van der Waals surface area contributed by atoms with Gasteiger partial charge in [0.05, 0.1) is 0 Å². The van der Waals surface area contributed by atoms with Crippen LogP contribution in [0.5, 0.6) is 0 Å². The van der Waals surface area contributed by atoms with Crippen LogP contribution < -0.4 is 5.32 Å². The van der Waals surface area contributed by atoms with Gasteiger partial charge < -0.3 is 5.32 Å². The number of rotatable bonds is 2. The van der Waals surface area contributed by atoms with Crippen molar-refractivity contribution in [1.29, 1.82) is 0 Å². The van der Waals surface area contributed by atoms with E-state index in [2.05, 4.69) is 19.2 Å². The van der Waals surface area contributed by atoms with Crippen LogP contribution >= 0.6 is 0 Å². The van der Waals surface area contributed by atoms with E-state index in [9.17, 15) is 0 Å². The zero-order valence-corrected chi connectivity index (χ0v) is 9.76. The standard InChI is InChI=1S/C13H25N/c1-10(2)14-13-8-7-11-5-3-4-6-12(11)9-13/h10-14H,3-9H2,1-2H3. The Morgan fingerprint density at radius 3 is 2.36 bits per heavy atom. The zero-order valence-electron chi connectivity index (χ0n) is 9.76. The highest BCUT2D eigenvalue weighted by Gasteiger charge is 2.31. The van der Waals surface area contributed by atoms with Crippen molar-refractivity contribution in [2.75, 3.05) is 0 Å². The molecular formula is C13H25N. The van der Waals surface area contributed by atoms with Crippen molar-refractivity contribution in [1.82, 2.24) is 5.32 Å². The molecule has 0 radical (unpaired) electrons. The Morgan fingerprint density at radius 1 is 0.929 bits per heavy atom. The van der Waals surface area contributed by atoms with Gasteiger partial charge in [-0.2, -0.15) is 0 Å². The largest absolute Gasteiger partial charge is 0.312 e. The first-order chi connectivity index (χ1) is 6.75. The highest BCUT2D eigenvalue weighted by Crippen LogP contribution is 2.40. The molecule has 82 valence electrons. The van der Waals surface area contributed by atoms with Gasteiger partial charge in [-0.05, 0) is 31.1 Å². The van der Waals surface area contributed by atoms with Gasteiger partial charge in [0.25, 0.3) is 0 Å². The lowest BCUT2D eigenvalue weighted by atomic mass is 9.69. The first-order valence-corrected chi connectivity index (χ1v) is 6.51. The van der Waals surface area contributed by atoms with Gasteiger partial charge in [0.2, 0.25) is 0 Å². The number of hydrogen-bond acceptors (Lipinski definition) is 1. The third-order valence-corrected chi connectivity index (χ3v) is 4.11. The summed E-state index contributed by atoms with van der Waals surface area (Å²) in [5.41, 5.74) is 0. The summed E-state index contributed by atoms with van der Waals surface area (Å²) in [6.45, 7) is 4.54. The maximum atomic E-state index is 3.71. The molecular weight excluding hydrogens is 170 g/mol. The minimum absolute atomic E-state index is 0.667. The molecule has 0 aromatic rings. The Kier molecular flexibility index (Phi) is 3.48. The van der Waals surface area contributed by atoms with Gasteiger partial charge in [-0.1, -0.05) is 39.5 Å². The smallest absolute Gasteiger partial charge is 0.00722 e. The third-order valence-electron chi connectivity index (χ3n) is 4.11. The number of fused-ring (bicyclic) bond motifs is 1. The number of hydrogen-bond donors (Lipinski definition) is 1. The third kappa shape index (κ3) is 2.50. The molecule has 0 aromatic heterocycles. The summed E-state index contributed by atoms with van der Waals surface area (Å²) in [4.78, 5) is 0. The van der Waals surface area contributed by atoms with E-state index in [1.165, 1.54) is 44.9 Å². The van der Waals surface area contributed by atoms with Crippen molar-refractivity contribution in [2.24, 2.45) is 11.8 Å². The molecule has 2 aliphatic carbocycles. The van der Waals surface area contributed by atoms with E-state index >= 15 is 0 Å². The van der Waals surface area contributed by atoms with Crippen molar-refractivity contribution in [3.8, 4) is 0 Å². The Hall–Kier alpha value is -0.0400. The number of nitrogens with one attached hydrogen (secondary N) is 1. The molecule has 14 heavy (non-hydrogen) atoms. The highest BCUT2D eigenvalue weighted by molar-refractivity contribution is 4.86. The lowest BCUT2D eigenvalue weighted by molar-refractivity contribution is 0.140. The van der Waals surface area contributed by atoms with Gasteiger partial charge in [0.1, 0.15) is 0 Å². The van der Waals surface area contributed by atoms with Gasteiger partial charge in [-0.3, -0.25) is 0 Å². The summed E-state index contributed by atoms with van der Waals surface area (Å²) in [5.74, 6) is 2.16. The first-order valence-electron chi connectivity index (χ1n) is 6.51. The summed E-state index contributed by atoms with van der Waals surface area (Å²) >= 11 is 0. The maximum Gasteiger partial charge on any atom is 0.00722 e. The predicted octanol–water partition coefficient (Wildman–Crippen LogP) is 3.34. The van der Waals surface area contributed by atoms with Crippen molar-refractivity contribution in [3.63, 3.8) is 0 Å². The van der Waals surface area contributed by atoms with Gasteiger partial charge >= 0.3 is 0 Å². The van der Waals surface area contributed by atoms with E-state index in [-0.39, 0.29) is 0 Å².